The molecule has 0 saturated carbocycles. The molecule has 1 aliphatic heterocycles. The van der Waals surface area contributed by atoms with Crippen molar-refractivity contribution in [2.45, 2.75) is 58.0 Å². The minimum absolute atomic E-state index is 0.0653. The molecule has 0 amide bonds. The first-order valence-electron chi connectivity index (χ1n) is 7.90. The van der Waals surface area contributed by atoms with E-state index in [2.05, 4.69) is 41.3 Å². The number of likely N-dealkylation sites (N-methyl/N-ethyl adjacent to an activating group) is 1. The fourth-order valence-corrected chi connectivity index (χ4v) is 3.31. The second-order valence-electron chi connectivity index (χ2n) is 6.33. The van der Waals surface area contributed by atoms with Gasteiger partial charge in [0.2, 0.25) is 0 Å². The lowest BCUT2D eigenvalue weighted by Crippen LogP contribution is -2.53. The number of rotatable bonds is 5. The average molecular weight is 279 g/mol. The summed E-state index contributed by atoms with van der Waals surface area (Å²) in [5.41, 5.74) is 1.23. The highest BCUT2D eigenvalue weighted by molar-refractivity contribution is 5.11. The Kier molecular flexibility index (Phi) is 5.16. The highest BCUT2D eigenvalue weighted by atomic mass is 15.4. The monoisotopic (exact) mass is 279 g/mol. The van der Waals surface area contributed by atoms with Crippen molar-refractivity contribution < 1.29 is 0 Å². The first-order valence-corrected chi connectivity index (χ1v) is 7.90. The second-order valence-corrected chi connectivity index (χ2v) is 6.33. The van der Waals surface area contributed by atoms with E-state index in [9.17, 15) is 0 Å². The molecule has 1 aromatic rings. The highest BCUT2D eigenvalue weighted by Gasteiger charge is 2.37. The van der Waals surface area contributed by atoms with E-state index < -0.39 is 0 Å². The van der Waals surface area contributed by atoms with Crippen LogP contribution in [0.1, 0.15) is 58.2 Å². The molecule has 0 bridgehead atoms. The molecule has 1 unspecified atom stereocenters. The number of nitrogens with zero attached hydrogens (tertiary/aromatic N) is 4. The van der Waals surface area contributed by atoms with E-state index >= 15 is 0 Å². The maximum atomic E-state index is 4.11. The van der Waals surface area contributed by atoms with Crippen molar-refractivity contribution in [1.82, 2.24) is 25.2 Å². The molecule has 114 valence electrons. The molecule has 2 heterocycles. The van der Waals surface area contributed by atoms with Gasteiger partial charge in [0.05, 0.1) is 17.9 Å². The summed E-state index contributed by atoms with van der Waals surface area (Å²) in [6.07, 6.45) is 7.25. The van der Waals surface area contributed by atoms with Gasteiger partial charge in [-0.2, -0.15) is 0 Å². The third-order valence-corrected chi connectivity index (χ3v) is 4.58. The maximum absolute atomic E-state index is 4.11. The maximum Gasteiger partial charge on any atom is 0.0771 e. The predicted molar refractivity (Wildman–Crippen MR) is 81.5 cm³/mol. The SMILES string of the molecule is CCNC(c1cnnn1C)C(C)(C)N1CCCCCC1. The van der Waals surface area contributed by atoms with E-state index in [1.54, 1.807) is 0 Å². The van der Waals surface area contributed by atoms with Crippen LogP contribution in [0.25, 0.3) is 0 Å². The third-order valence-electron chi connectivity index (χ3n) is 4.58. The van der Waals surface area contributed by atoms with Crippen LogP contribution in [0.15, 0.2) is 6.20 Å². The van der Waals surface area contributed by atoms with Gasteiger partial charge in [-0.1, -0.05) is 25.0 Å². The van der Waals surface area contributed by atoms with Gasteiger partial charge >= 0.3 is 0 Å². The Balaban J connectivity index is 2.24. The summed E-state index contributed by atoms with van der Waals surface area (Å²) < 4.78 is 1.90. The largest absolute Gasteiger partial charge is 0.307 e. The third kappa shape index (κ3) is 3.20. The molecule has 0 spiro atoms. The minimum Gasteiger partial charge on any atom is -0.307 e. The van der Waals surface area contributed by atoms with Crippen LogP contribution in [0.4, 0.5) is 0 Å². The molecule has 0 aliphatic carbocycles. The van der Waals surface area contributed by atoms with E-state index in [1.807, 2.05) is 17.9 Å². The normalized spacial score (nSPS) is 19.8. The van der Waals surface area contributed by atoms with Gasteiger partial charge in [0.25, 0.3) is 0 Å². The van der Waals surface area contributed by atoms with Crippen molar-refractivity contribution >= 4 is 0 Å². The van der Waals surface area contributed by atoms with E-state index in [4.69, 9.17) is 0 Å². The molecule has 1 fully saturated rings. The van der Waals surface area contributed by atoms with Crippen LogP contribution in [0.5, 0.6) is 0 Å². The molecule has 1 aromatic heterocycles. The molecule has 1 atom stereocenters. The Morgan fingerprint density at radius 2 is 1.90 bits per heavy atom. The quantitative estimate of drug-likeness (QED) is 0.897. The minimum atomic E-state index is 0.0653. The van der Waals surface area contributed by atoms with Crippen LogP contribution in [-0.2, 0) is 7.05 Å². The molecular formula is C15H29N5. The Morgan fingerprint density at radius 1 is 1.25 bits per heavy atom. The number of nitrogens with one attached hydrogen (secondary N) is 1. The van der Waals surface area contributed by atoms with Crippen LogP contribution < -0.4 is 5.32 Å². The van der Waals surface area contributed by atoms with Crippen molar-refractivity contribution in [3.8, 4) is 0 Å². The lowest BCUT2D eigenvalue weighted by atomic mass is 9.89. The zero-order chi connectivity index (χ0) is 14.6. The molecule has 1 saturated heterocycles. The van der Waals surface area contributed by atoms with Crippen LogP contribution >= 0.6 is 0 Å². The van der Waals surface area contributed by atoms with Gasteiger partial charge in [-0.3, -0.25) is 9.58 Å². The molecular weight excluding hydrogens is 250 g/mol. The molecule has 5 nitrogen and oxygen atoms in total. The summed E-state index contributed by atoms with van der Waals surface area (Å²) in [7, 11) is 1.98. The van der Waals surface area contributed by atoms with Crippen molar-refractivity contribution in [3.05, 3.63) is 11.9 Å². The average Bonchev–Trinajstić information content (AvgIpc) is 2.69. The topological polar surface area (TPSA) is 46.0 Å². The van der Waals surface area contributed by atoms with Crippen molar-refractivity contribution in [2.24, 2.45) is 7.05 Å². The summed E-state index contributed by atoms with van der Waals surface area (Å²) in [6, 6.07) is 0.255. The van der Waals surface area contributed by atoms with E-state index in [0.717, 1.165) is 6.54 Å². The predicted octanol–water partition coefficient (Wildman–Crippen LogP) is 2.12. The molecule has 5 heteroatoms. The van der Waals surface area contributed by atoms with Crippen LogP contribution in [0, 0.1) is 0 Å². The standard InChI is InChI=1S/C15H29N5/c1-5-16-14(13-12-17-18-19(13)4)15(2,3)20-10-8-6-7-9-11-20/h12,14,16H,5-11H2,1-4H3. The zero-order valence-electron chi connectivity index (χ0n) is 13.4. The first-order chi connectivity index (χ1) is 9.57. The molecule has 0 radical (unpaired) electrons. The Hall–Kier alpha value is -0.940. The number of aromatic nitrogens is 3. The fourth-order valence-electron chi connectivity index (χ4n) is 3.31. The van der Waals surface area contributed by atoms with Gasteiger partial charge in [0.1, 0.15) is 0 Å². The summed E-state index contributed by atoms with van der Waals surface area (Å²) in [4.78, 5) is 2.64. The summed E-state index contributed by atoms with van der Waals surface area (Å²) >= 11 is 0. The zero-order valence-corrected chi connectivity index (χ0v) is 13.4. The number of aryl methyl sites for hydroxylation is 1. The Bertz CT molecular complexity index is 404. The van der Waals surface area contributed by atoms with Crippen LogP contribution in [0.2, 0.25) is 0 Å². The van der Waals surface area contributed by atoms with Crippen LogP contribution in [-0.4, -0.2) is 45.1 Å². The molecule has 0 aromatic carbocycles. The van der Waals surface area contributed by atoms with E-state index in [-0.39, 0.29) is 11.6 Å². The first kappa shape index (κ1) is 15.4. The van der Waals surface area contributed by atoms with Crippen LogP contribution in [0.3, 0.4) is 0 Å². The lowest BCUT2D eigenvalue weighted by Gasteiger charge is -2.44. The lowest BCUT2D eigenvalue weighted by molar-refractivity contribution is 0.0809. The molecule has 2 rings (SSSR count). The molecule has 1 N–H and O–H groups in total. The van der Waals surface area contributed by atoms with Gasteiger partial charge in [-0.25, -0.2) is 0 Å². The number of hydrogen-bond acceptors (Lipinski definition) is 4. The summed E-state index contributed by atoms with van der Waals surface area (Å²) in [5, 5.41) is 11.8. The van der Waals surface area contributed by atoms with Crippen molar-refractivity contribution in [2.75, 3.05) is 19.6 Å². The van der Waals surface area contributed by atoms with Crippen molar-refractivity contribution in [3.63, 3.8) is 0 Å². The van der Waals surface area contributed by atoms with Gasteiger partial charge < -0.3 is 5.32 Å². The van der Waals surface area contributed by atoms with E-state index in [1.165, 1.54) is 44.5 Å². The van der Waals surface area contributed by atoms with Crippen molar-refractivity contribution in [1.29, 1.82) is 0 Å². The molecule has 1 aliphatic rings. The Labute approximate surface area is 122 Å². The number of likely N-dealkylation sites (tertiary alicyclic amines) is 1. The van der Waals surface area contributed by atoms with E-state index in [0.29, 0.717) is 0 Å². The number of hydrogen-bond donors (Lipinski definition) is 1. The fraction of sp³-hybridized carbons (Fsp3) is 0.867. The summed E-state index contributed by atoms with van der Waals surface area (Å²) in [5.74, 6) is 0. The van der Waals surface area contributed by atoms with Gasteiger partial charge in [0, 0.05) is 12.6 Å². The van der Waals surface area contributed by atoms with Gasteiger partial charge in [-0.15, -0.1) is 5.10 Å². The van der Waals surface area contributed by atoms with Gasteiger partial charge in [-0.05, 0) is 46.3 Å². The summed E-state index contributed by atoms with van der Waals surface area (Å²) in [6.45, 7) is 10.2. The highest BCUT2D eigenvalue weighted by Crippen LogP contribution is 2.32. The second kappa shape index (κ2) is 6.68. The smallest absolute Gasteiger partial charge is 0.0771 e. The molecule has 20 heavy (non-hydrogen) atoms. The Morgan fingerprint density at radius 3 is 2.40 bits per heavy atom. The van der Waals surface area contributed by atoms with Gasteiger partial charge in [0.15, 0.2) is 0 Å².